The Morgan fingerprint density at radius 1 is 0.969 bits per heavy atom. The van der Waals surface area contributed by atoms with Crippen molar-refractivity contribution in [1.82, 2.24) is 9.97 Å². The van der Waals surface area contributed by atoms with Crippen LogP contribution in [0.15, 0.2) is 42.7 Å². The molecule has 2 rings (SSSR count). The molecule has 1 atom stereocenters. The summed E-state index contributed by atoms with van der Waals surface area (Å²) in [4.78, 5) is 8.46. The zero-order chi connectivity index (χ0) is 23.4. The Hall–Kier alpha value is -2.48. The van der Waals surface area contributed by atoms with Crippen molar-refractivity contribution in [2.45, 2.75) is 70.6 Å². The number of rotatable bonds is 13. The molecule has 0 radical (unpaired) electrons. The van der Waals surface area contributed by atoms with Crippen molar-refractivity contribution >= 4 is 5.83 Å². The van der Waals surface area contributed by atoms with Crippen LogP contribution in [0, 0.1) is 0 Å². The van der Waals surface area contributed by atoms with Gasteiger partial charge in [0.25, 0.3) is 0 Å². The van der Waals surface area contributed by atoms with E-state index < -0.39 is 18.1 Å². The van der Waals surface area contributed by atoms with E-state index in [9.17, 15) is 17.6 Å². The fourth-order valence-electron chi connectivity index (χ4n) is 3.07. The molecule has 0 saturated heterocycles. The highest BCUT2D eigenvalue weighted by atomic mass is 19.4. The van der Waals surface area contributed by atoms with Crippen LogP contribution in [0.1, 0.15) is 63.9 Å². The first-order chi connectivity index (χ1) is 15.3. The minimum atomic E-state index is -4.91. The number of benzene rings is 1. The van der Waals surface area contributed by atoms with Crippen molar-refractivity contribution in [3.8, 4) is 17.1 Å². The highest BCUT2D eigenvalue weighted by Gasteiger charge is 2.37. The number of alkyl halides is 3. The average Bonchev–Trinajstić information content (AvgIpc) is 2.78. The van der Waals surface area contributed by atoms with Gasteiger partial charge in [0.2, 0.25) is 0 Å². The number of halogens is 4. The van der Waals surface area contributed by atoms with Gasteiger partial charge >= 0.3 is 6.18 Å². The van der Waals surface area contributed by atoms with Gasteiger partial charge in [-0.25, -0.2) is 14.4 Å². The summed E-state index contributed by atoms with van der Waals surface area (Å²) < 4.78 is 56.6. The summed E-state index contributed by atoms with van der Waals surface area (Å²) in [6, 6.07) is 5.61. The van der Waals surface area contributed by atoms with Crippen LogP contribution in [0.25, 0.3) is 17.2 Å². The van der Waals surface area contributed by atoms with E-state index in [0.717, 1.165) is 12.8 Å². The Morgan fingerprint density at radius 2 is 1.53 bits per heavy atom. The van der Waals surface area contributed by atoms with E-state index >= 15 is 0 Å². The summed E-state index contributed by atoms with van der Waals surface area (Å²) in [6.07, 6.45) is 5.22. The molecule has 0 saturated carbocycles. The van der Waals surface area contributed by atoms with Crippen LogP contribution in [0.4, 0.5) is 17.6 Å². The van der Waals surface area contributed by atoms with Crippen LogP contribution in [0.2, 0.25) is 0 Å². The van der Waals surface area contributed by atoms with E-state index in [1.807, 2.05) is 0 Å². The maximum Gasteiger partial charge on any atom is 0.418 e. The number of unbranched alkanes of at least 4 members (excludes halogenated alkanes) is 7. The second-order valence-electron chi connectivity index (χ2n) is 7.64. The predicted octanol–water partition coefficient (Wildman–Crippen LogP) is 6.90. The number of hydrogen-bond acceptors (Lipinski definition) is 4. The van der Waals surface area contributed by atoms with Gasteiger partial charge in [0.05, 0.1) is 19.0 Å². The molecule has 0 aliphatic rings. The average molecular weight is 455 g/mol. The van der Waals surface area contributed by atoms with Crippen LogP contribution in [-0.2, 0) is 0 Å². The zero-order valence-corrected chi connectivity index (χ0v) is 18.2. The van der Waals surface area contributed by atoms with Crippen LogP contribution < -0.4 is 4.74 Å². The molecule has 1 heterocycles. The van der Waals surface area contributed by atoms with Crippen molar-refractivity contribution in [3.05, 3.63) is 48.3 Å². The van der Waals surface area contributed by atoms with Crippen LogP contribution in [0.5, 0.6) is 5.75 Å². The van der Waals surface area contributed by atoms with Gasteiger partial charge in [-0.2, -0.15) is 13.2 Å². The Balaban J connectivity index is 1.80. The lowest BCUT2D eigenvalue weighted by Gasteiger charge is -2.10. The lowest BCUT2D eigenvalue weighted by molar-refractivity contribution is -0.187. The van der Waals surface area contributed by atoms with E-state index in [-0.39, 0.29) is 11.6 Å². The highest BCUT2D eigenvalue weighted by molar-refractivity contribution is 5.64. The number of aliphatic hydroxyl groups excluding tert-OH is 1. The summed E-state index contributed by atoms with van der Waals surface area (Å²) in [7, 11) is 0. The molecule has 1 N–H and O–H groups in total. The molecule has 4 nitrogen and oxygen atoms in total. The van der Waals surface area contributed by atoms with Gasteiger partial charge in [0.15, 0.2) is 17.7 Å². The molecule has 1 aromatic heterocycles. The van der Waals surface area contributed by atoms with E-state index in [1.165, 1.54) is 62.8 Å². The molecule has 0 bridgehead atoms. The molecule has 2 aromatic rings. The molecule has 176 valence electrons. The summed E-state index contributed by atoms with van der Waals surface area (Å²) in [5, 5.41) is 8.95. The maximum atomic E-state index is 13.9. The first-order valence-corrected chi connectivity index (χ1v) is 11.0. The van der Waals surface area contributed by atoms with Gasteiger partial charge in [-0.3, -0.25) is 0 Å². The number of aromatic nitrogens is 2. The summed E-state index contributed by atoms with van der Waals surface area (Å²) >= 11 is 0. The summed E-state index contributed by atoms with van der Waals surface area (Å²) in [6.45, 7) is 2.81. The second kappa shape index (κ2) is 13.2. The van der Waals surface area contributed by atoms with E-state index in [0.29, 0.717) is 23.7 Å². The molecule has 0 aliphatic heterocycles. The van der Waals surface area contributed by atoms with E-state index in [2.05, 4.69) is 16.9 Å². The third kappa shape index (κ3) is 8.94. The Labute approximate surface area is 186 Å². The largest absolute Gasteiger partial charge is 0.490 e. The van der Waals surface area contributed by atoms with Crippen LogP contribution in [-0.4, -0.2) is 34.0 Å². The lowest BCUT2D eigenvalue weighted by Crippen LogP contribution is -2.26. The van der Waals surface area contributed by atoms with Gasteiger partial charge in [-0.1, -0.05) is 76.1 Å². The third-order valence-corrected chi connectivity index (χ3v) is 4.95. The number of ether oxygens (including phenoxy) is 1. The molecule has 32 heavy (non-hydrogen) atoms. The Bertz CT molecular complexity index is 821. The Morgan fingerprint density at radius 3 is 2.09 bits per heavy atom. The monoisotopic (exact) mass is 454 g/mol. The SMILES string of the molecule is CCCCCCCCCCOc1cnc(-c2ccc(C(F)=CC(O)C(F)(F)F)cc2)nc1. The normalized spacial score (nSPS) is 13.2. The maximum absolute atomic E-state index is 13.9. The van der Waals surface area contributed by atoms with Crippen molar-refractivity contribution in [3.63, 3.8) is 0 Å². The summed E-state index contributed by atoms with van der Waals surface area (Å²) in [5.41, 5.74) is 0.495. The molecule has 0 spiro atoms. The minimum absolute atomic E-state index is 0.0811. The predicted molar refractivity (Wildman–Crippen MR) is 117 cm³/mol. The van der Waals surface area contributed by atoms with Gasteiger partial charge < -0.3 is 9.84 Å². The molecule has 0 fully saturated rings. The van der Waals surface area contributed by atoms with Crippen molar-refractivity contribution < 1.29 is 27.4 Å². The van der Waals surface area contributed by atoms with Crippen molar-refractivity contribution in [1.29, 1.82) is 0 Å². The van der Waals surface area contributed by atoms with E-state index in [1.54, 1.807) is 12.4 Å². The van der Waals surface area contributed by atoms with Gasteiger partial charge in [-0.05, 0) is 12.5 Å². The topological polar surface area (TPSA) is 55.2 Å². The van der Waals surface area contributed by atoms with Crippen molar-refractivity contribution in [2.24, 2.45) is 0 Å². The lowest BCUT2D eigenvalue weighted by atomic mass is 10.1. The molecule has 0 aliphatic carbocycles. The molecule has 1 unspecified atom stereocenters. The van der Waals surface area contributed by atoms with Crippen LogP contribution in [0.3, 0.4) is 0 Å². The first-order valence-electron chi connectivity index (χ1n) is 11.0. The Kier molecular flexibility index (Phi) is 10.6. The molecule has 0 amide bonds. The molecule has 1 aromatic carbocycles. The quantitative estimate of drug-likeness (QED) is 0.264. The van der Waals surface area contributed by atoms with Gasteiger partial charge in [0, 0.05) is 11.1 Å². The van der Waals surface area contributed by atoms with Crippen molar-refractivity contribution in [2.75, 3.05) is 6.61 Å². The number of hydrogen-bond donors (Lipinski definition) is 1. The molecular weight excluding hydrogens is 424 g/mol. The van der Waals surface area contributed by atoms with Crippen LogP contribution >= 0.6 is 0 Å². The van der Waals surface area contributed by atoms with Gasteiger partial charge in [0.1, 0.15) is 5.83 Å². The number of nitrogens with zero attached hydrogens (tertiary/aromatic N) is 2. The zero-order valence-electron chi connectivity index (χ0n) is 18.2. The fraction of sp³-hybridized carbons (Fsp3) is 0.500. The molecular formula is C24H30F4N2O2. The second-order valence-corrected chi connectivity index (χ2v) is 7.64. The number of aliphatic hydroxyl groups is 1. The third-order valence-electron chi connectivity index (χ3n) is 4.95. The minimum Gasteiger partial charge on any atom is -0.490 e. The summed E-state index contributed by atoms with van der Waals surface area (Å²) in [5.74, 6) is -0.217. The van der Waals surface area contributed by atoms with E-state index in [4.69, 9.17) is 9.84 Å². The standard InChI is InChI=1S/C24H30F4N2O2/c1-2-3-4-5-6-7-8-9-14-32-20-16-29-23(30-17-20)19-12-10-18(11-13-19)21(25)15-22(31)24(26,27)28/h10-13,15-17,22,31H,2-9,14H2,1H3. The van der Waals surface area contributed by atoms with Gasteiger partial charge in [-0.15, -0.1) is 0 Å². The highest BCUT2D eigenvalue weighted by Crippen LogP contribution is 2.26. The smallest absolute Gasteiger partial charge is 0.418 e. The molecule has 8 heteroatoms. The fourth-order valence-corrected chi connectivity index (χ4v) is 3.07. The first kappa shape index (κ1) is 25.8.